The van der Waals surface area contributed by atoms with E-state index in [1.165, 1.54) is 25.3 Å². The first-order valence-electron chi connectivity index (χ1n) is 5.16. The van der Waals surface area contributed by atoms with Crippen LogP contribution in [0, 0.1) is 11.3 Å². The van der Waals surface area contributed by atoms with Crippen LogP contribution in [0.1, 0.15) is 5.56 Å². The van der Waals surface area contributed by atoms with Crippen molar-refractivity contribution in [1.82, 2.24) is 4.72 Å². The molecule has 0 amide bonds. The summed E-state index contributed by atoms with van der Waals surface area (Å²) < 4.78 is 30.8. The van der Waals surface area contributed by atoms with Gasteiger partial charge in [0.15, 0.2) is 0 Å². The fourth-order valence-electron chi connectivity index (χ4n) is 1.45. The Hall–Kier alpha value is -2.11. The number of sulfonamides is 1. The van der Waals surface area contributed by atoms with E-state index < -0.39 is 22.4 Å². The van der Waals surface area contributed by atoms with Gasteiger partial charge in [0, 0.05) is 0 Å². The predicted molar refractivity (Wildman–Crippen MR) is 65.1 cm³/mol. The predicted octanol–water partition coefficient (Wildman–Crippen LogP) is 0.124. The summed E-state index contributed by atoms with van der Waals surface area (Å²) >= 11 is 0. The van der Waals surface area contributed by atoms with E-state index in [4.69, 9.17) is 15.1 Å². The first kappa shape index (κ1) is 14.9. The van der Waals surface area contributed by atoms with Crippen LogP contribution in [0.25, 0.3) is 0 Å². The monoisotopic (exact) mass is 284 g/mol. The molecule has 0 saturated heterocycles. The normalized spacial score (nSPS) is 10.7. The highest BCUT2D eigenvalue weighted by atomic mass is 32.2. The molecule has 2 N–H and O–H groups in total. The van der Waals surface area contributed by atoms with Crippen molar-refractivity contribution in [3.63, 3.8) is 0 Å². The second-order valence-electron chi connectivity index (χ2n) is 3.53. The summed E-state index contributed by atoms with van der Waals surface area (Å²) in [4.78, 5) is 10.6. The largest absolute Gasteiger partial charge is 0.497 e. The van der Waals surface area contributed by atoms with Crippen LogP contribution >= 0.6 is 0 Å². The van der Waals surface area contributed by atoms with Crippen molar-refractivity contribution in [2.45, 2.75) is 11.3 Å². The quantitative estimate of drug-likeness (QED) is 0.717. The zero-order valence-electron chi connectivity index (χ0n) is 10.1. The van der Waals surface area contributed by atoms with Crippen molar-refractivity contribution in [1.29, 1.82) is 5.26 Å². The molecule has 0 aromatic heterocycles. The summed E-state index contributed by atoms with van der Waals surface area (Å²) in [5.74, 6) is -0.805. The topological polar surface area (TPSA) is 116 Å². The second-order valence-corrected chi connectivity index (χ2v) is 5.26. The highest BCUT2D eigenvalue weighted by Crippen LogP contribution is 2.22. The van der Waals surface area contributed by atoms with Gasteiger partial charge in [-0.3, -0.25) is 4.79 Å². The van der Waals surface area contributed by atoms with E-state index in [1.54, 1.807) is 6.07 Å². The number of hydrogen-bond acceptors (Lipinski definition) is 5. The van der Waals surface area contributed by atoms with Crippen LogP contribution in [0.4, 0.5) is 0 Å². The fraction of sp³-hybridized carbons (Fsp3) is 0.273. The second kappa shape index (κ2) is 6.17. The van der Waals surface area contributed by atoms with Gasteiger partial charge in [0.1, 0.15) is 5.75 Å². The lowest BCUT2D eigenvalue weighted by atomic mass is 10.1. The molecule has 0 bridgehead atoms. The Balaban J connectivity index is 3.26. The number of aliphatic carboxylic acids is 1. The minimum absolute atomic E-state index is 0.0947. The van der Waals surface area contributed by atoms with E-state index >= 15 is 0 Å². The number of nitrogens with zero attached hydrogens (tertiary/aromatic N) is 1. The Morgan fingerprint density at radius 2 is 2.21 bits per heavy atom. The molecule has 1 aromatic carbocycles. The third-order valence-electron chi connectivity index (χ3n) is 2.24. The lowest BCUT2D eigenvalue weighted by Crippen LogP contribution is -2.25. The van der Waals surface area contributed by atoms with E-state index in [0.29, 0.717) is 5.75 Å². The van der Waals surface area contributed by atoms with Gasteiger partial charge >= 0.3 is 5.97 Å². The van der Waals surface area contributed by atoms with Gasteiger partial charge in [0.25, 0.3) is 0 Å². The first-order valence-corrected chi connectivity index (χ1v) is 6.64. The molecule has 19 heavy (non-hydrogen) atoms. The average molecular weight is 284 g/mol. The number of nitriles is 1. The maximum atomic E-state index is 11.9. The molecule has 0 aliphatic heterocycles. The molecule has 7 nitrogen and oxygen atoms in total. The zero-order chi connectivity index (χ0) is 14.5. The van der Waals surface area contributed by atoms with Crippen molar-refractivity contribution in [3.8, 4) is 11.8 Å². The van der Waals surface area contributed by atoms with Crippen LogP contribution in [0.3, 0.4) is 0 Å². The molecular formula is C11H12N2O5S. The molecule has 0 spiro atoms. The number of ether oxygens (including phenoxy) is 1. The molecule has 0 atom stereocenters. The summed E-state index contributed by atoms with van der Waals surface area (Å²) in [6.45, 7) is -0.388. The number of rotatable bonds is 6. The third kappa shape index (κ3) is 3.94. The van der Waals surface area contributed by atoms with Crippen LogP contribution in [0.2, 0.25) is 0 Å². The Kier molecular flexibility index (Phi) is 4.86. The van der Waals surface area contributed by atoms with E-state index in [2.05, 4.69) is 4.72 Å². The number of carbonyl (C=O) groups is 1. The molecule has 1 rings (SSSR count). The summed E-state index contributed by atoms with van der Waals surface area (Å²) in [6.07, 6.45) is -0.458. The summed E-state index contributed by atoms with van der Waals surface area (Å²) in [7, 11) is -2.52. The number of hydrogen-bond donors (Lipinski definition) is 2. The van der Waals surface area contributed by atoms with Gasteiger partial charge in [-0.15, -0.1) is 0 Å². The number of methoxy groups -OCH3 is 1. The zero-order valence-corrected chi connectivity index (χ0v) is 10.9. The number of carboxylic acids is 1. The standard InChI is InChI=1S/C11H12N2O5S/c1-18-9-2-3-10(8(6-9)7-11(14)15)19(16,17)13-5-4-12/h2-3,6,13H,5,7H2,1H3,(H,14,15). The molecule has 0 heterocycles. The highest BCUT2D eigenvalue weighted by Gasteiger charge is 2.20. The van der Waals surface area contributed by atoms with E-state index in [9.17, 15) is 13.2 Å². The number of carboxylic acid groups (broad SMARTS) is 1. The minimum atomic E-state index is -3.92. The first-order chi connectivity index (χ1) is 8.90. The summed E-state index contributed by atoms with van der Waals surface area (Å²) in [6, 6.07) is 5.64. The van der Waals surface area contributed by atoms with Gasteiger partial charge in [0.2, 0.25) is 10.0 Å². The lowest BCUT2D eigenvalue weighted by molar-refractivity contribution is -0.136. The molecular weight excluding hydrogens is 272 g/mol. The highest BCUT2D eigenvalue weighted by molar-refractivity contribution is 7.89. The van der Waals surface area contributed by atoms with Gasteiger partial charge in [-0.25, -0.2) is 8.42 Å². The Morgan fingerprint density at radius 3 is 2.74 bits per heavy atom. The molecule has 0 saturated carbocycles. The molecule has 0 unspecified atom stereocenters. The van der Waals surface area contributed by atoms with Gasteiger partial charge in [-0.2, -0.15) is 9.98 Å². The maximum absolute atomic E-state index is 11.9. The van der Waals surface area contributed by atoms with Crippen LogP contribution in [-0.2, 0) is 21.2 Å². The third-order valence-corrected chi connectivity index (χ3v) is 3.74. The Bertz CT molecular complexity index is 618. The van der Waals surface area contributed by atoms with Crippen LogP contribution in [0.5, 0.6) is 5.75 Å². The number of benzene rings is 1. The number of nitrogens with one attached hydrogen (secondary N) is 1. The van der Waals surface area contributed by atoms with E-state index in [1.807, 2.05) is 0 Å². The van der Waals surface area contributed by atoms with E-state index in [-0.39, 0.29) is 17.0 Å². The molecule has 0 aliphatic rings. The van der Waals surface area contributed by atoms with Crippen molar-refractivity contribution in [2.24, 2.45) is 0 Å². The van der Waals surface area contributed by atoms with Gasteiger partial charge in [-0.1, -0.05) is 0 Å². The van der Waals surface area contributed by atoms with Crippen molar-refractivity contribution < 1.29 is 23.1 Å². The Labute approximate surface area is 110 Å². The van der Waals surface area contributed by atoms with Gasteiger partial charge < -0.3 is 9.84 Å². The fourth-order valence-corrected chi connectivity index (χ4v) is 2.58. The van der Waals surface area contributed by atoms with Gasteiger partial charge in [-0.05, 0) is 23.8 Å². The Morgan fingerprint density at radius 1 is 1.53 bits per heavy atom. The SMILES string of the molecule is COc1ccc(S(=O)(=O)NCC#N)c(CC(=O)O)c1. The van der Waals surface area contributed by atoms with Crippen LogP contribution < -0.4 is 9.46 Å². The van der Waals surface area contributed by atoms with Crippen molar-refractivity contribution >= 4 is 16.0 Å². The van der Waals surface area contributed by atoms with Crippen LogP contribution in [-0.4, -0.2) is 33.1 Å². The van der Waals surface area contributed by atoms with Gasteiger partial charge in [0.05, 0.1) is 31.0 Å². The smallest absolute Gasteiger partial charge is 0.307 e. The van der Waals surface area contributed by atoms with E-state index in [0.717, 1.165) is 0 Å². The average Bonchev–Trinajstić information content (AvgIpc) is 2.35. The van der Waals surface area contributed by atoms with Crippen molar-refractivity contribution in [3.05, 3.63) is 23.8 Å². The molecule has 0 radical (unpaired) electrons. The minimum Gasteiger partial charge on any atom is -0.497 e. The summed E-state index contributed by atoms with van der Waals surface area (Å²) in [5, 5.41) is 17.2. The van der Waals surface area contributed by atoms with Crippen LogP contribution in [0.15, 0.2) is 23.1 Å². The lowest BCUT2D eigenvalue weighted by Gasteiger charge is -2.10. The molecule has 0 aliphatic carbocycles. The van der Waals surface area contributed by atoms with Crippen molar-refractivity contribution in [2.75, 3.05) is 13.7 Å². The molecule has 0 fully saturated rings. The molecule has 102 valence electrons. The molecule has 1 aromatic rings. The maximum Gasteiger partial charge on any atom is 0.307 e. The summed E-state index contributed by atoms with van der Waals surface area (Å²) in [5.41, 5.74) is 0.0947. The molecule has 8 heteroatoms.